The molecule has 0 radical (unpaired) electrons. The molecule has 0 aliphatic heterocycles. The maximum atomic E-state index is 12.4. The maximum Gasteiger partial charge on any atom is 0.254 e. The highest BCUT2D eigenvalue weighted by Crippen LogP contribution is 2.32. The van der Waals surface area contributed by atoms with Crippen LogP contribution >= 0.6 is 11.6 Å². The van der Waals surface area contributed by atoms with E-state index in [2.05, 4.69) is 16.4 Å². The molecular formula is C15H12ClN3O. The van der Waals surface area contributed by atoms with Crippen molar-refractivity contribution in [2.75, 3.05) is 0 Å². The summed E-state index contributed by atoms with van der Waals surface area (Å²) < 4.78 is 0. The molecule has 1 saturated carbocycles. The highest BCUT2D eigenvalue weighted by Gasteiger charge is 2.39. The lowest BCUT2D eigenvalue weighted by Crippen LogP contribution is -2.52. The number of benzene rings is 1. The summed E-state index contributed by atoms with van der Waals surface area (Å²) in [5.74, 6) is -0.272. The lowest BCUT2D eigenvalue weighted by molar-refractivity contribution is 0.0883. The second-order valence-electron chi connectivity index (χ2n) is 5.01. The molecule has 3 rings (SSSR count). The van der Waals surface area contributed by atoms with E-state index in [0.717, 1.165) is 17.2 Å². The molecule has 1 aliphatic rings. The number of carbonyl (C=O) groups is 1. The largest absolute Gasteiger partial charge is 0.334 e. The first-order valence-electron chi connectivity index (χ1n) is 6.42. The normalized spacial score (nSPS) is 16.2. The maximum absolute atomic E-state index is 12.4. The molecule has 1 aromatic heterocycles. The smallest absolute Gasteiger partial charge is 0.254 e. The quantitative estimate of drug-likeness (QED) is 0.862. The minimum absolute atomic E-state index is 0.272. The molecule has 0 spiro atoms. The summed E-state index contributed by atoms with van der Waals surface area (Å²) in [6, 6.07) is 9.55. The molecule has 1 N–H and O–H groups in total. The van der Waals surface area contributed by atoms with Crippen LogP contribution in [0.15, 0.2) is 30.5 Å². The third-order valence-corrected chi connectivity index (χ3v) is 4.07. The van der Waals surface area contributed by atoms with Crippen LogP contribution in [-0.4, -0.2) is 16.4 Å². The fourth-order valence-electron chi connectivity index (χ4n) is 2.42. The van der Waals surface area contributed by atoms with Crippen LogP contribution < -0.4 is 5.32 Å². The number of nitrogens with zero attached hydrogens (tertiary/aromatic N) is 2. The van der Waals surface area contributed by atoms with E-state index in [4.69, 9.17) is 11.6 Å². The number of amides is 1. The Hall–Kier alpha value is -2.12. The third kappa shape index (κ3) is 2.00. The van der Waals surface area contributed by atoms with E-state index in [1.165, 1.54) is 6.20 Å². The van der Waals surface area contributed by atoms with E-state index in [0.29, 0.717) is 23.6 Å². The van der Waals surface area contributed by atoms with Gasteiger partial charge >= 0.3 is 0 Å². The number of nitrogens with one attached hydrogen (secondary N) is 1. The highest BCUT2D eigenvalue weighted by atomic mass is 35.5. The first-order valence-corrected chi connectivity index (χ1v) is 6.80. The van der Waals surface area contributed by atoms with E-state index in [1.807, 2.05) is 24.3 Å². The molecule has 4 nitrogen and oxygen atoms in total. The van der Waals surface area contributed by atoms with Crippen molar-refractivity contribution in [3.63, 3.8) is 0 Å². The lowest BCUT2D eigenvalue weighted by atomic mass is 9.78. The van der Waals surface area contributed by atoms with Gasteiger partial charge in [0.15, 0.2) is 0 Å². The Morgan fingerprint density at radius 3 is 2.65 bits per heavy atom. The first-order chi connectivity index (χ1) is 9.65. The van der Waals surface area contributed by atoms with Gasteiger partial charge in [-0.25, -0.2) is 4.98 Å². The molecule has 1 aliphatic carbocycles. The van der Waals surface area contributed by atoms with Gasteiger partial charge in [0, 0.05) is 11.6 Å². The molecule has 0 unspecified atom stereocenters. The van der Waals surface area contributed by atoms with Crippen LogP contribution in [0, 0.1) is 11.3 Å². The Morgan fingerprint density at radius 2 is 2.05 bits per heavy atom. The van der Waals surface area contributed by atoms with Crippen molar-refractivity contribution >= 4 is 28.3 Å². The van der Waals surface area contributed by atoms with Gasteiger partial charge in [0.1, 0.15) is 10.7 Å². The molecule has 1 aromatic carbocycles. The number of pyridine rings is 1. The molecule has 1 amide bonds. The van der Waals surface area contributed by atoms with E-state index < -0.39 is 5.54 Å². The van der Waals surface area contributed by atoms with Crippen LogP contribution in [0.5, 0.6) is 0 Å². The number of fused-ring (bicyclic) bond motifs is 1. The molecule has 100 valence electrons. The van der Waals surface area contributed by atoms with Crippen molar-refractivity contribution in [1.29, 1.82) is 5.26 Å². The fourth-order valence-corrected chi connectivity index (χ4v) is 2.63. The number of halogens is 1. The van der Waals surface area contributed by atoms with Crippen molar-refractivity contribution in [3.05, 3.63) is 41.2 Å². The van der Waals surface area contributed by atoms with Crippen LogP contribution in [-0.2, 0) is 0 Å². The third-order valence-electron chi connectivity index (χ3n) is 3.77. The van der Waals surface area contributed by atoms with Crippen molar-refractivity contribution < 1.29 is 4.79 Å². The van der Waals surface area contributed by atoms with E-state index in [1.54, 1.807) is 0 Å². The summed E-state index contributed by atoms with van der Waals surface area (Å²) in [7, 11) is 0. The van der Waals surface area contributed by atoms with Crippen molar-refractivity contribution in [2.45, 2.75) is 24.8 Å². The Kier molecular flexibility index (Phi) is 3.07. The van der Waals surface area contributed by atoms with Gasteiger partial charge in [0.05, 0.1) is 11.6 Å². The second-order valence-corrected chi connectivity index (χ2v) is 5.37. The van der Waals surface area contributed by atoms with Crippen molar-refractivity contribution in [2.24, 2.45) is 0 Å². The number of hydrogen-bond donors (Lipinski definition) is 1. The van der Waals surface area contributed by atoms with Gasteiger partial charge in [-0.2, -0.15) is 5.26 Å². The zero-order chi connectivity index (χ0) is 14.2. The summed E-state index contributed by atoms with van der Waals surface area (Å²) >= 11 is 6.04. The lowest BCUT2D eigenvalue weighted by Gasteiger charge is -2.35. The van der Waals surface area contributed by atoms with Crippen molar-refractivity contribution in [1.82, 2.24) is 10.3 Å². The number of nitriles is 1. The summed E-state index contributed by atoms with van der Waals surface area (Å²) in [5.41, 5.74) is -0.260. The Bertz CT molecular complexity index is 731. The minimum Gasteiger partial charge on any atom is -0.334 e. The van der Waals surface area contributed by atoms with E-state index in [-0.39, 0.29) is 5.91 Å². The van der Waals surface area contributed by atoms with Gasteiger partial charge in [-0.15, -0.1) is 0 Å². The molecule has 0 atom stereocenters. The standard InChI is InChI=1S/C15H12ClN3O/c16-13-11-5-2-1-4-10(11)12(8-18-13)14(20)19-15(9-17)6-3-7-15/h1-2,4-5,8H,3,6-7H2,(H,19,20). The van der Waals surface area contributed by atoms with Gasteiger partial charge in [0.2, 0.25) is 0 Å². The van der Waals surface area contributed by atoms with Crippen LogP contribution in [0.3, 0.4) is 0 Å². The molecule has 0 bridgehead atoms. The summed E-state index contributed by atoms with van der Waals surface area (Å²) in [6.45, 7) is 0. The van der Waals surface area contributed by atoms with Gasteiger partial charge in [0.25, 0.3) is 5.91 Å². The molecule has 1 heterocycles. The highest BCUT2D eigenvalue weighted by molar-refractivity contribution is 6.34. The summed E-state index contributed by atoms with van der Waals surface area (Å²) in [5, 5.41) is 13.9. The molecular weight excluding hydrogens is 274 g/mol. The average Bonchev–Trinajstić information content (AvgIpc) is 2.43. The first kappa shape index (κ1) is 12.9. The van der Waals surface area contributed by atoms with Crippen molar-refractivity contribution in [3.8, 4) is 6.07 Å². The van der Waals surface area contributed by atoms with Gasteiger partial charge in [-0.3, -0.25) is 4.79 Å². The predicted molar refractivity (Wildman–Crippen MR) is 76.4 cm³/mol. The van der Waals surface area contributed by atoms with E-state index >= 15 is 0 Å². The zero-order valence-electron chi connectivity index (χ0n) is 10.7. The van der Waals surface area contributed by atoms with Crippen LogP contribution in [0.2, 0.25) is 5.15 Å². The topological polar surface area (TPSA) is 65.8 Å². The number of hydrogen-bond acceptors (Lipinski definition) is 3. The summed E-state index contributed by atoms with van der Waals surface area (Å²) in [6.07, 6.45) is 3.83. The SMILES string of the molecule is N#CC1(NC(=O)c2cnc(Cl)c3ccccc23)CCC1. The average molecular weight is 286 g/mol. The number of aromatic nitrogens is 1. The van der Waals surface area contributed by atoms with Crippen LogP contribution in [0.25, 0.3) is 10.8 Å². The Balaban J connectivity index is 2.00. The van der Waals surface area contributed by atoms with Crippen LogP contribution in [0.4, 0.5) is 0 Å². The predicted octanol–water partition coefficient (Wildman–Crippen LogP) is 3.06. The molecule has 2 aromatic rings. The van der Waals surface area contributed by atoms with Crippen LogP contribution in [0.1, 0.15) is 29.6 Å². The minimum atomic E-state index is -0.710. The Morgan fingerprint density at radius 1 is 1.35 bits per heavy atom. The zero-order valence-corrected chi connectivity index (χ0v) is 11.4. The monoisotopic (exact) mass is 285 g/mol. The number of carbonyl (C=O) groups excluding carboxylic acids is 1. The van der Waals surface area contributed by atoms with Gasteiger partial charge in [-0.05, 0) is 24.6 Å². The van der Waals surface area contributed by atoms with Gasteiger partial charge in [-0.1, -0.05) is 35.9 Å². The molecule has 1 fully saturated rings. The van der Waals surface area contributed by atoms with E-state index in [9.17, 15) is 10.1 Å². The Labute approximate surface area is 121 Å². The molecule has 20 heavy (non-hydrogen) atoms. The summed E-state index contributed by atoms with van der Waals surface area (Å²) in [4.78, 5) is 16.4. The molecule has 5 heteroatoms. The second kappa shape index (κ2) is 4.77. The fraction of sp³-hybridized carbons (Fsp3) is 0.267. The number of rotatable bonds is 2. The molecule has 0 saturated heterocycles. The van der Waals surface area contributed by atoms with Gasteiger partial charge < -0.3 is 5.32 Å².